The molecule has 0 N–H and O–H groups in total. The Labute approximate surface area is 53.7 Å². The number of hydrogen-bond donors (Lipinski definition) is 0. The van der Waals surface area contributed by atoms with Gasteiger partial charge in [-0.15, -0.1) is 0 Å². The van der Waals surface area contributed by atoms with E-state index in [2.05, 4.69) is 4.98 Å². The van der Waals surface area contributed by atoms with E-state index in [0.29, 0.717) is 12.5 Å². The van der Waals surface area contributed by atoms with Crippen LogP contribution in [0.25, 0.3) is 0 Å². The first kappa shape index (κ1) is 6.29. The van der Waals surface area contributed by atoms with Gasteiger partial charge >= 0.3 is 0 Å². The molecule has 1 aromatic rings. The summed E-state index contributed by atoms with van der Waals surface area (Å²) in [7, 11) is 1.63. The zero-order chi connectivity index (χ0) is 6.69. The van der Waals surface area contributed by atoms with E-state index in [0.717, 1.165) is 5.69 Å². The van der Waals surface area contributed by atoms with Crippen LogP contribution in [0.3, 0.4) is 0 Å². The van der Waals surface area contributed by atoms with Gasteiger partial charge in [0.2, 0.25) is 0 Å². The molecule has 0 radical (unpaired) electrons. The number of methoxy groups -OCH3 is 1. The third-order valence-corrected chi connectivity index (χ3v) is 0.959. The second-order valence-electron chi connectivity index (χ2n) is 1.79. The first-order valence-electron chi connectivity index (χ1n) is 2.73. The zero-order valence-corrected chi connectivity index (χ0v) is 5.55. The molecule has 0 aliphatic heterocycles. The quantitative estimate of drug-likeness (QED) is 0.597. The minimum Gasteiger partial charge on any atom is -0.449 e. The summed E-state index contributed by atoms with van der Waals surface area (Å²) in [4.78, 5) is 4.01. The van der Waals surface area contributed by atoms with Crippen molar-refractivity contribution >= 4 is 0 Å². The van der Waals surface area contributed by atoms with E-state index in [4.69, 9.17) is 9.15 Å². The highest BCUT2D eigenvalue weighted by molar-refractivity contribution is 4.92. The van der Waals surface area contributed by atoms with Crippen LogP contribution in [-0.2, 0) is 11.3 Å². The van der Waals surface area contributed by atoms with Crippen molar-refractivity contribution in [3.63, 3.8) is 0 Å². The molecule has 0 aliphatic rings. The highest BCUT2D eigenvalue weighted by atomic mass is 16.5. The SMILES string of the molecule is COCc1coc(C)n1. The lowest BCUT2D eigenvalue weighted by molar-refractivity contribution is 0.181. The molecule has 0 fully saturated rings. The monoisotopic (exact) mass is 127 g/mol. The van der Waals surface area contributed by atoms with Crippen LogP contribution in [0.1, 0.15) is 11.6 Å². The Hall–Kier alpha value is -0.830. The summed E-state index contributed by atoms with van der Waals surface area (Å²) < 4.78 is 9.74. The summed E-state index contributed by atoms with van der Waals surface area (Å²) in [6.45, 7) is 2.33. The molecule has 3 nitrogen and oxygen atoms in total. The number of oxazole rings is 1. The summed E-state index contributed by atoms with van der Waals surface area (Å²) in [6, 6.07) is 0. The Bertz CT molecular complexity index is 183. The van der Waals surface area contributed by atoms with Crippen LogP contribution < -0.4 is 0 Å². The Kier molecular flexibility index (Phi) is 1.85. The summed E-state index contributed by atoms with van der Waals surface area (Å²) in [5, 5.41) is 0. The van der Waals surface area contributed by atoms with Crippen molar-refractivity contribution in [3.05, 3.63) is 17.8 Å². The van der Waals surface area contributed by atoms with E-state index in [9.17, 15) is 0 Å². The summed E-state index contributed by atoms with van der Waals surface area (Å²) in [5.74, 6) is 0.682. The average Bonchev–Trinajstić information content (AvgIpc) is 2.17. The molecular formula is C6H9NO2. The van der Waals surface area contributed by atoms with E-state index < -0.39 is 0 Å². The standard InChI is InChI=1S/C6H9NO2/c1-5-7-6(3-8-2)4-9-5/h4H,3H2,1-2H3. The number of aryl methyl sites for hydroxylation is 1. The number of nitrogens with zero attached hydrogens (tertiary/aromatic N) is 1. The maximum atomic E-state index is 4.93. The fraction of sp³-hybridized carbons (Fsp3) is 0.500. The van der Waals surface area contributed by atoms with Gasteiger partial charge in [0.1, 0.15) is 12.0 Å². The number of aromatic nitrogens is 1. The maximum Gasteiger partial charge on any atom is 0.191 e. The highest BCUT2D eigenvalue weighted by Gasteiger charge is 1.95. The topological polar surface area (TPSA) is 35.3 Å². The molecule has 0 amide bonds. The molecule has 1 aromatic heterocycles. The highest BCUT2D eigenvalue weighted by Crippen LogP contribution is 2.00. The fourth-order valence-corrected chi connectivity index (χ4v) is 0.622. The molecule has 0 atom stereocenters. The molecule has 0 saturated carbocycles. The third kappa shape index (κ3) is 1.54. The average molecular weight is 127 g/mol. The van der Waals surface area contributed by atoms with Crippen molar-refractivity contribution in [2.75, 3.05) is 7.11 Å². The molecule has 1 rings (SSSR count). The number of ether oxygens (including phenoxy) is 1. The van der Waals surface area contributed by atoms with Crippen molar-refractivity contribution in [1.82, 2.24) is 4.98 Å². The minimum atomic E-state index is 0.525. The first-order valence-corrected chi connectivity index (χ1v) is 2.73. The Morgan fingerprint density at radius 2 is 2.56 bits per heavy atom. The van der Waals surface area contributed by atoms with Gasteiger partial charge in [-0.05, 0) is 0 Å². The molecular weight excluding hydrogens is 118 g/mol. The van der Waals surface area contributed by atoms with Crippen LogP contribution >= 0.6 is 0 Å². The van der Waals surface area contributed by atoms with E-state index in [1.54, 1.807) is 20.3 Å². The number of hydrogen-bond acceptors (Lipinski definition) is 3. The molecule has 0 spiro atoms. The Balaban J connectivity index is 2.61. The Morgan fingerprint density at radius 1 is 1.78 bits per heavy atom. The van der Waals surface area contributed by atoms with Gasteiger partial charge in [0, 0.05) is 14.0 Å². The molecule has 0 saturated heterocycles. The van der Waals surface area contributed by atoms with Gasteiger partial charge in [0.15, 0.2) is 5.89 Å². The van der Waals surface area contributed by atoms with Crippen molar-refractivity contribution in [2.24, 2.45) is 0 Å². The largest absolute Gasteiger partial charge is 0.449 e. The van der Waals surface area contributed by atoms with Crippen molar-refractivity contribution < 1.29 is 9.15 Å². The molecule has 0 aromatic carbocycles. The maximum absolute atomic E-state index is 4.93. The molecule has 0 aliphatic carbocycles. The van der Waals surface area contributed by atoms with E-state index in [-0.39, 0.29) is 0 Å². The van der Waals surface area contributed by atoms with Gasteiger partial charge in [0.05, 0.1) is 6.61 Å². The smallest absolute Gasteiger partial charge is 0.191 e. The summed E-state index contributed by atoms with van der Waals surface area (Å²) >= 11 is 0. The molecule has 0 unspecified atom stereocenters. The second kappa shape index (κ2) is 2.64. The van der Waals surface area contributed by atoms with Crippen LogP contribution in [0.15, 0.2) is 10.7 Å². The lowest BCUT2D eigenvalue weighted by atomic mass is 10.5. The minimum absolute atomic E-state index is 0.525. The summed E-state index contributed by atoms with van der Waals surface area (Å²) in [6.07, 6.45) is 1.60. The predicted octanol–water partition coefficient (Wildman–Crippen LogP) is 1.13. The van der Waals surface area contributed by atoms with Gasteiger partial charge in [-0.25, -0.2) is 4.98 Å². The van der Waals surface area contributed by atoms with Gasteiger partial charge in [-0.1, -0.05) is 0 Å². The van der Waals surface area contributed by atoms with Crippen LogP contribution in [0.2, 0.25) is 0 Å². The lowest BCUT2D eigenvalue weighted by Gasteiger charge is -1.87. The fourth-order valence-electron chi connectivity index (χ4n) is 0.622. The normalized spacial score (nSPS) is 10.0. The van der Waals surface area contributed by atoms with Crippen LogP contribution in [-0.4, -0.2) is 12.1 Å². The van der Waals surface area contributed by atoms with Gasteiger partial charge < -0.3 is 9.15 Å². The lowest BCUT2D eigenvalue weighted by Crippen LogP contribution is -1.85. The van der Waals surface area contributed by atoms with E-state index in [1.807, 2.05) is 0 Å². The second-order valence-corrected chi connectivity index (χ2v) is 1.79. The number of rotatable bonds is 2. The Morgan fingerprint density at radius 3 is 3.00 bits per heavy atom. The van der Waals surface area contributed by atoms with Gasteiger partial charge in [-0.2, -0.15) is 0 Å². The predicted molar refractivity (Wildman–Crippen MR) is 32.0 cm³/mol. The van der Waals surface area contributed by atoms with Crippen molar-refractivity contribution in [2.45, 2.75) is 13.5 Å². The van der Waals surface area contributed by atoms with Gasteiger partial charge in [-0.3, -0.25) is 0 Å². The molecule has 50 valence electrons. The molecule has 0 bridgehead atoms. The zero-order valence-electron chi connectivity index (χ0n) is 5.55. The molecule has 9 heavy (non-hydrogen) atoms. The van der Waals surface area contributed by atoms with Gasteiger partial charge in [0.25, 0.3) is 0 Å². The first-order chi connectivity index (χ1) is 4.33. The van der Waals surface area contributed by atoms with E-state index in [1.165, 1.54) is 0 Å². The van der Waals surface area contributed by atoms with Crippen LogP contribution in [0.4, 0.5) is 0 Å². The molecule has 1 heterocycles. The summed E-state index contributed by atoms with van der Waals surface area (Å²) in [5.41, 5.74) is 0.843. The van der Waals surface area contributed by atoms with Crippen molar-refractivity contribution in [3.8, 4) is 0 Å². The third-order valence-electron chi connectivity index (χ3n) is 0.959. The van der Waals surface area contributed by atoms with Crippen LogP contribution in [0, 0.1) is 6.92 Å². The molecule has 3 heteroatoms. The van der Waals surface area contributed by atoms with Crippen molar-refractivity contribution in [1.29, 1.82) is 0 Å². The van der Waals surface area contributed by atoms with Crippen LogP contribution in [0.5, 0.6) is 0 Å². The van der Waals surface area contributed by atoms with E-state index >= 15 is 0 Å².